The molecule has 4 heteroatoms. The molecule has 4 unspecified atom stereocenters. The summed E-state index contributed by atoms with van der Waals surface area (Å²) in [5.41, 5.74) is 1.08. The molecule has 0 spiro atoms. The predicted octanol–water partition coefficient (Wildman–Crippen LogP) is 5.12. The lowest BCUT2D eigenvalue weighted by Gasteiger charge is -2.59. The van der Waals surface area contributed by atoms with Gasteiger partial charge in [0.2, 0.25) is 5.91 Å². The first kappa shape index (κ1) is 22.9. The van der Waals surface area contributed by atoms with Gasteiger partial charge in [0.05, 0.1) is 6.61 Å². The lowest BCUT2D eigenvalue weighted by molar-refractivity contribution is -0.306. The fourth-order valence-electron chi connectivity index (χ4n) is 4.61. The number of nitrogens with one attached hydrogen (secondary N) is 1. The fraction of sp³-hybridized carbons (Fsp3) is 0.708. The van der Waals surface area contributed by atoms with Crippen LogP contribution in [0.1, 0.15) is 79.2 Å². The number of carbonyl (C=O) groups is 1. The monoisotopic (exact) mass is 388 g/mol. The highest BCUT2D eigenvalue weighted by atomic mass is 16.7. The van der Waals surface area contributed by atoms with E-state index in [0.717, 1.165) is 32.1 Å². The zero-order valence-corrected chi connectivity index (χ0v) is 18.8. The van der Waals surface area contributed by atoms with Gasteiger partial charge < -0.3 is 5.32 Å². The normalized spacial score (nSPS) is 30.9. The minimum absolute atomic E-state index is 0.0991. The fourth-order valence-corrected chi connectivity index (χ4v) is 4.61. The van der Waals surface area contributed by atoms with Crippen LogP contribution in [0.15, 0.2) is 30.3 Å². The molecule has 1 aliphatic rings. The van der Waals surface area contributed by atoms with Crippen LogP contribution in [0.4, 0.5) is 0 Å². The minimum atomic E-state index is -0.121. The highest BCUT2D eigenvalue weighted by molar-refractivity contribution is 5.76. The molecule has 1 saturated heterocycles. The van der Waals surface area contributed by atoms with Crippen molar-refractivity contribution in [1.29, 1.82) is 0 Å². The summed E-state index contributed by atoms with van der Waals surface area (Å²) >= 11 is 0. The van der Waals surface area contributed by atoms with Crippen LogP contribution in [0, 0.1) is 5.92 Å². The molecule has 4 nitrogen and oxygen atoms in total. The van der Waals surface area contributed by atoms with E-state index >= 15 is 0 Å². The first-order valence-corrected chi connectivity index (χ1v) is 11.1. The SMILES string of the molecule is CCCC(=O)NC1CC(C)(CC)N(OCCc2ccccc2)C(C)(CC)C1C. The highest BCUT2D eigenvalue weighted by Crippen LogP contribution is 2.45. The van der Waals surface area contributed by atoms with E-state index in [2.05, 4.69) is 76.2 Å². The second-order valence-electron chi connectivity index (χ2n) is 8.84. The summed E-state index contributed by atoms with van der Waals surface area (Å²) in [7, 11) is 0. The van der Waals surface area contributed by atoms with Crippen molar-refractivity contribution in [2.24, 2.45) is 5.92 Å². The Balaban J connectivity index is 2.17. The van der Waals surface area contributed by atoms with Crippen molar-refractivity contribution in [3.8, 4) is 0 Å². The predicted molar refractivity (Wildman–Crippen MR) is 116 cm³/mol. The van der Waals surface area contributed by atoms with Gasteiger partial charge in [-0.3, -0.25) is 9.63 Å². The molecular weight excluding hydrogens is 348 g/mol. The molecule has 0 radical (unpaired) electrons. The lowest BCUT2D eigenvalue weighted by atomic mass is 9.68. The molecule has 1 amide bonds. The Hall–Kier alpha value is -1.39. The summed E-state index contributed by atoms with van der Waals surface area (Å²) in [4.78, 5) is 18.8. The summed E-state index contributed by atoms with van der Waals surface area (Å²) in [5.74, 6) is 0.490. The van der Waals surface area contributed by atoms with Crippen LogP contribution >= 0.6 is 0 Å². The number of benzene rings is 1. The van der Waals surface area contributed by atoms with Crippen LogP contribution in [0.3, 0.4) is 0 Å². The average molecular weight is 389 g/mol. The molecule has 0 aromatic heterocycles. The Morgan fingerprint density at radius 2 is 1.86 bits per heavy atom. The summed E-state index contributed by atoms with van der Waals surface area (Å²) in [6, 6.07) is 10.7. The van der Waals surface area contributed by atoms with E-state index in [-0.39, 0.29) is 23.0 Å². The van der Waals surface area contributed by atoms with E-state index in [1.54, 1.807) is 0 Å². The van der Waals surface area contributed by atoms with Gasteiger partial charge in [-0.2, -0.15) is 5.06 Å². The minimum Gasteiger partial charge on any atom is -0.353 e. The Morgan fingerprint density at radius 1 is 1.18 bits per heavy atom. The first-order chi connectivity index (χ1) is 13.3. The average Bonchev–Trinajstić information content (AvgIpc) is 2.69. The van der Waals surface area contributed by atoms with Gasteiger partial charge in [-0.25, -0.2) is 0 Å². The number of hydrogen-bond acceptors (Lipinski definition) is 3. The molecule has 1 fully saturated rings. The summed E-state index contributed by atoms with van der Waals surface area (Å²) in [6.07, 6.45) is 5.28. The van der Waals surface area contributed by atoms with E-state index in [1.807, 2.05) is 6.07 Å². The number of amides is 1. The lowest BCUT2D eigenvalue weighted by Crippen LogP contribution is -2.70. The van der Waals surface area contributed by atoms with Crippen LogP contribution in [-0.4, -0.2) is 34.7 Å². The number of hydrogen-bond donors (Lipinski definition) is 1. The third-order valence-corrected chi connectivity index (χ3v) is 6.95. The van der Waals surface area contributed by atoms with Crippen LogP contribution in [0.25, 0.3) is 0 Å². The summed E-state index contributed by atoms with van der Waals surface area (Å²) < 4.78 is 0. The Bertz CT molecular complexity index is 620. The van der Waals surface area contributed by atoms with Crippen molar-refractivity contribution in [2.45, 2.75) is 97.2 Å². The van der Waals surface area contributed by atoms with Crippen LogP contribution < -0.4 is 5.32 Å². The van der Waals surface area contributed by atoms with E-state index in [4.69, 9.17) is 4.84 Å². The van der Waals surface area contributed by atoms with Gasteiger partial charge >= 0.3 is 0 Å². The standard InChI is InChI=1S/C24H40N2O2/c1-7-13-22(27)25-21-18-23(5,8-2)26(24(6,9-3)19(21)4)28-17-16-20-14-11-10-12-15-20/h10-12,14-15,19,21H,7-9,13,16-18H2,1-6H3,(H,25,27). The van der Waals surface area contributed by atoms with Crippen molar-refractivity contribution < 1.29 is 9.63 Å². The van der Waals surface area contributed by atoms with Gasteiger partial charge in [-0.1, -0.05) is 58.0 Å². The summed E-state index contributed by atoms with van der Waals surface area (Å²) in [6.45, 7) is 14.0. The van der Waals surface area contributed by atoms with Crippen molar-refractivity contribution >= 4 is 5.91 Å². The summed E-state index contributed by atoms with van der Waals surface area (Å²) in [5, 5.41) is 5.62. The Labute approximate surface area is 172 Å². The van der Waals surface area contributed by atoms with Gasteiger partial charge in [0.15, 0.2) is 0 Å². The molecule has 158 valence electrons. The maximum absolute atomic E-state index is 12.3. The molecule has 28 heavy (non-hydrogen) atoms. The molecule has 1 aromatic rings. The molecule has 0 aliphatic carbocycles. The van der Waals surface area contributed by atoms with Crippen LogP contribution in [0.2, 0.25) is 0 Å². The number of hydroxylamine groups is 2. The van der Waals surface area contributed by atoms with Gasteiger partial charge in [0.25, 0.3) is 0 Å². The largest absolute Gasteiger partial charge is 0.353 e. The van der Waals surface area contributed by atoms with Gasteiger partial charge in [0.1, 0.15) is 0 Å². The molecule has 1 heterocycles. The zero-order chi connectivity index (χ0) is 20.8. The number of rotatable bonds is 9. The maximum Gasteiger partial charge on any atom is 0.220 e. The Morgan fingerprint density at radius 3 is 2.43 bits per heavy atom. The molecule has 4 atom stereocenters. The first-order valence-electron chi connectivity index (χ1n) is 11.1. The number of carbonyl (C=O) groups excluding carboxylic acids is 1. The third kappa shape index (κ3) is 4.96. The van der Waals surface area contributed by atoms with E-state index in [1.165, 1.54) is 5.56 Å². The molecule has 1 aliphatic heterocycles. The van der Waals surface area contributed by atoms with Crippen molar-refractivity contribution in [2.75, 3.05) is 6.61 Å². The molecule has 0 bridgehead atoms. The number of nitrogens with zero attached hydrogens (tertiary/aromatic N) is 1. The molecule has 2 rings (SSSR count). The number of piperidine rings is 1. The van der Waals surface area contributed by atoms with Crippen LogP contribution in [-0.2, 0) is 16.1 Å². The van der Waals surface area contributed by atoms with Gasteiger partial charge in [0, 0.05) is 23.5 Å². The van der Waals surface area contributed by atoms with Crippen molar-refractivity contribution in [3.63, 3.8) is 0 Å². The maximum atomic E-state index is 12.3. The smallest absolute Gasteiger partial charge is 0.220 e. The third-order valence-electron chi connectivity index (χ3n) is 6.95. The topological polar surface area (TPSA) is 41.6 Å². The van der Waals surface area contributed by atoms with Crippen molar-refractivity contribution in [3.05, 3.63) is 35.9 Å². The van der Waals surface area contributed by atoms with Gasteiger partial charge in [-0.15, -0.1) is 0 Å². The molecule has 0 saturated carbocycles. The zero-order valence-electron chi connectivity index (χ0n) is 18.8. The van der Waals surface area contributed by atoms with Gasteiger partial charge in [-0.05, 0) is 57.4 Å². The second-order valence-corrected chi connectivity index (χ2v) is 8.84. The molecule has 1 N–H and O–H groups in total. The van der Waals surface area contributed by atoms with E-state index in [0.29, 0.717) is 18.9 Å². The second kappa shape index (κ2) is 9.89. The highest BCUT2D eigenvalue weighted by Gasteiger charge is 2.54. The molecular formula is C24H40N2O2. The Kier molecular flexibility index (Phi) is 8.08. The van der Waals surface area contributed by atoms with E-state index in [9.17, 15) is 4.79 Å². The molecule has 1 aromatic carbocycles. The van der Waals surface area contributed by atoms with E-state index < -0.39 is 0 Å². The van der Waals surface area contributed by atoms with Crippen LogP contribution in [0.5, 0.6) is 0 Å². The quantitative estimate of drug-likeness (QED) is 0.638. The van der Waals surface area contributed by atoms with Crippen molar-refractivity contribution in [1.82, 2.24) is 10.4 Å².